The molecule has 4 heteroatoms. The molecular formula is C11H15FN2O. The first kappa shape index (κ1) is 11.7. The Kier molecular flexibility index (Phi) is 3.80. The number of nitrogens with two attached hydrogens (primary N) is 1. The zero-order valence-corrected chi connectivity index (χ0v) is 8.83. The fraction of sp³-hybridized carbons (Fsp3) is 0.364. The monoisotopic (exact) mass is 210 g/mol. The van der Waals surface area contributed by atoms with Gasteiger partial charge in [0.15, 0.2) is 0 Å². The highest BCUT2D eigenvalue weighted by Crippen LogP contribution is 2.13. The molecule has 0 radical (unpaired) electrons. The van der Waals surface area contributed by atoms with Crippen LogP contribution in [0.4, 0.5) is 4.39 Å². The van der Waals surface area contributed by atoms with Crippen LogP contribution in [0.2, 0.25) is 0 Å². The number of amides is 1. The van der Waals surface area contributed by atoms with E-state index in [-0.39, 0.29) is 17.8 Å². The SMILES string of the molecule is C[C@H](N)C(=O)N[C@@H](C)c1cccc(F)c1. The van der Waals surface area contributed by atoms with Crippen LogP contribution in [0, 0.1) is 5.82 Å². The lowest BCUT2D eigenvalue weighted by Gasteiger charge is -2.15. The second-order valence-electron chi connectivity index (χ2n) is 3.57. The molecule has 0 aliphatic rings. The summed E-state index contributed by atoms with van der Waals surface area (Å²) in [5.74, 6) is -0.554. The molecular weight excluding hydrogens is 195 g/mol. The van der Waals surface area contributed by atoms with Crippen molar-refractivity contribution in [2.75, 3.05) is 0 Å². The second-order valence-corrected chi connectivity index (χ2v) is 3.57. The largest absolute Gasteiger partial charge is 0.348 e. The average Bonchev–Trinajstić information content (AvgIpc) is 2.17. The third-order valence-electron chi connectivity index (χ3n) is 2.12. The van der Waals surface area contributed by atoms with Crippen LogP contribution in [0.3, 0.4) is 0 Å². The molecule has 0 heterocycles. The molecule has 0 aliphatic carbocycles. The molecule has 1 aromatic carbocycles. The quantitative estimate of drug-likeness (QED) is 0.791. The Morgan fingerprint density at radius 2 is 2.13 bits per heavy atom. The molecule has 15 heavy (non-hydrogen) atoms. The summed E-state index contributed by atoms with van der Waals surface area (Å²) < 4.78 is 12.9. The maximum Gasteiger partial charge on any atom is 0.237 e. The van der Waals surface area contributed by atoms with Gasteiger partial charge in [-0.05, 0) is 31.5 Å². The molecule has 1 rings (SSSR count). The lowest BCUT2D eigenvalue weighted by Crippen LogP contribution is -2.39. The van der Waals surface area contributed by atoms with E-state index in [1.807, 2.05) is 0 Å². The van der Waals surface area contributed by atoms with Crippen molar-refractivity contribution in [2.45, 2.75) is 25.9 Å². The number of benzene rings is 1. The lowest BCUT2D eigenvalue weighted by molar-refractivity contribution is -0.122. The van der Waals surface area contributed by atoms with E-state index in [2.05, 4.69) is 5.32 Å². The molecule has 1 aromatic rings. The van der Waals surface area contributed by atoms with Gasteiger partial charge in [0.25, 0.3) is 0 Å². The number of hydrogen-bond acceptors (Lipinski definition) is 2. The first-order chi connectivity index (χ1) is 7.00. The van der Waals surface area contributed by atoms with Crippen molar-refractivity contribution in [3.8, 4) is 0 Å². The van der Waals surface area contributed by atoms with Gasteiger partial charge < -0.3 is 11.1 Å². The Bertz CT molecular complexity index is 352. The van der Waals surface area contributed by atoms with E-state index < -0.39 is 6.04 Å². The average molecular weight is 210 g/mol. The molecule has 0 spiro atoms. The second kappa shape index (κ2) is 4.89. The van der Waals surface area contributed by atoms with E-state index in [4.69, 9.17) is 5.73 Å². The minimum atomic E-state index is -0.555. The summed E-state index contributed by atoms with van der Waals surface area (Å²) in [5, 5.41) is 2.69. The summed E-state index contributed by atoms with van der Waals surface area (Å²) >= 11 is 0. The summed E-state index contributed by atoms with van der Waals surface area (Å²) in [6.07, 6.45) is 0. The lowest BCUT2D eigenvalue weighted by atomic mass is 10.1. The Morgan fingerprint density at radius 1 is 1.47 bits per heavy atom. The number of rotatable bonds is 3. The topological polar surface area (TPSA) is 55.1 Å². The van der Waals surface area contributed by atoms with E-state index >= 15 is 0 Å². The predicted molar refractivity (Wildman–Crippen MR) is 56.6 cm³/mol. The van der Waals surface area contributed by atoms with Gasteiger partial charge in [-0.25, -0.2) is 4.39 Å². The standard InChI is InChI=1S/C11H15FN2O/c1-7(13)11(15)14-8(2)9-4-3-5-10(12)6-9/h3-8H,13H2,1-2H3,(H,14,15)/t7-,8-/m0/s1. The summed E-state index contributed by atoms with van der Waals surface area (Å²) in [4.78, 5) is 11.3. The summed E-state index contributed by atoms with van der Waals surface area (Å²) in [6, 6.07) is 5.34. The highest BCUT2D eigenvalue weighted by atomic mass is 19.1. The van der Waals surface area contributed by atoms with Gasteiger partial charge in [-0.15, -0.1) is 0 Å². The predicted octanol–water partition coefficient (Wildman–Crippen LogP) is 1.35. The maximum absolute atomic E-state index is 12.9. The number of carbonyl (C=O) groups is 1. The van der Waals surface area contributed by atoms with Crippen molar-refractivity contribution in [3.63, 3.8) is 0 Å². The van der Waals surface area contributed by atoms with Gasteiger partial charge in [-0.3, -0.25) is 4.79 Å². The van der Waals surface area contributed by atoms with Crippen LogP contribution >= 0.6 is 0 Å². The van der Waals surface area contributed by atoms with Crippen LogP contribution in [-0.4, -0.2) is 11.9 Å². The molecule has 0 fully saturated rings. The van der Waals surface area contributed by atoms with Gasteiger partial charge in [0.1, 0.15) is 5.82 Å². The molecule has 3 N–H and O–H groups in total. The van der Waals surface area contributed by atoms with Crippen LogP contribution in [0.5, 0.6) is 0 Å². The van der Waals surface area contributed by atoms with Crippen molar-refractivity contribution >= 4 is 5.91 Å². The molecule has 82 valence electrons. The molecule has 0 aromatic heterocycles. The normalized spacial score (nSPS) is 14.4. The summed E-state index contributed by atoms with van der Waals surface area (Å²) in [7, 11) is 0. The summed E-state index contributed by atoms with van der Waals surface area (Å²) in [6.45, 7) is 3.39. The number of hydrogen-bond donors (Lipinski definition) is 2. The van der Waals surface area contributed by atoms with Crippen LogP contribution < -0.4 is 11.1 Å². The zero-order chi connectivity index (χ0) is 11.4. The third kappa shape index (κ3) is 3.32. The molecule has 2 atom stereocenters. The van der Waals surface area contributed by atoms with Gasteiger partial charge in [0.05, 0.1) is 12.1 Å². The zero-order valence-electron chi connectivity index (χ0n) is 8.83. The fourth-order valence-corrected chi connectivity index (χ4v) is 1.20. The van der Waals surface area contributed by atoms with E-state index in [0.29, 0.717) is 0 Å². The molecule has 0 unspecified atom stereocenters. The molecule has 3 nitrogen and oxygen atoms in total. The number of carbonyl (C=O) groups excluding carboxylic acids is 1. The number of halogens is 1. The number of nitrogens with one attached hydrogen (secondary N) is 1. The fourth-order valence-electron chi connectivity index (χ4n) is 1.20. The summed E-state index contributed by atoms with van der Waals surface area (Å²) in [5.41, 5.74) is 6.13. The Hall–Kier alpha value is -1.42. The van der Waals surface area contributed by atoms with Gasteiger partial charge in [-0.2, -0.15) is 0 Å². The van der Waals surface area contributed by atoms with Crippen molar-refractivity contribution in [1.82, 2.24) is 5.32 Å². The third-order valence-corrected chi connectivity index (χ3v) is 2.12. The maximum atomic E-state index is 12.9. The molecule has 0 saturated heterocycles. The molecule has 0 bridgehead atoms. The highest BCUT2D eigenvalue weighted by Gasteiger charge is 2.12. The van der Waals surface area contributed by atoms with Gasteiger partial charge in [0.2, 0.25) is 5.91 Å². The van der Waals surface area contributed by atoms with E-state index in [1.54, 1.807) is 26.0 Å². The van der Waals surface area contributed by atoms with E-state index in [9.17, 15) is 9.18 Å². The smallest absolute Gasteiger partial charge is 0.237 e. The van der Waals surface area contributed by atoms with E-state index in [0.717, 1.165) is 5.56 Å². The van der Waals surface area contributed by atoms with Gasteiger partial charge >= 0.3 is 0 Å². The van der Waals surface area contributed by atoms with Gasteiger partial charge in [-0.1, -0.05) is 12.1 Å². The first-order valence-corrected chi connectivity index (χ1v) is 4.82. The minimum absolute atomic E-state index is 0.237. The molecule has 0 aliphatic heterocycles. The van der Waals surface area contributed by atoms with Crippen LogP contribution in [0.15, 0.2) is 24.3 Å². The first-order valence-electron chi connectivity index (χ1n) is 4.82. The van der Waals surface area contributed by atoms with Crippen LogP contribution in [0.25, 0.3) is 0 Å². The Morgan fingerprint density at radius 3 is 2.67 bits per heavy atom. The van der Waals surface area contributed by atoms with Crippen LogP contribution in [-0.2, 0) is 4.79 Å². The van der Waals surface area contributed by atoms with Crippen LogP contribution in [0.1, 0.15) is 25.5 Å². The molecule has 1 amide bonds. The van der Waals surface area contributed by atoms with Crippen molar-refractivity contribution in [2.24, 2.45) is 5.73 Å². The van der Waals surface area contributed by atoms with Crippen molar-refractivity contribution < 1.29 is 9.18 Å². The van der Waals surface area contributed by atoms with Crippen molar-refractivity contribution in [1.29, 1.82) is 0 Å². The van der Waals surface area contributed by atoms with Gasteiger partial charge in [0, 0.05) is 0 Å². The molecule has 0 saturated carbocycles. The van der Waals surface area contributed by atoms with E-state index in [1.165, 1.54) is 12.1 Å². The van der Waals surface area contributed by atoms with Crippen molar-refractivity contribution in [3.05, 3.63) is 35.6 Å². The Balaban J connectivity index is 2.69. The highest BCUT2D eigenvalue weighted by molar-refractivity contribution is 5.81. The minimum Gasteiger partial charge on any atom is -0.348 e. The Labute approximate surface area is 88.5 Å².